The molecule has 0 aliphatic heterocycles. The van der Waals surface area contributed by atoms with Gasteiger partial charge in [-0.15, -0.1) is 0 Å². The molecule has 0 saturated heterocycles. The fourth-order valence-corrected chi connectivity index (χ4v) is 2.08. The van der Waals surface area contributed by atoms with E-state index in [4.69, 9.17) is 10.5 Å². The zero-order chi connectivity index (χ0) is 13.5. The van der Waals surface area contributed by atoms with Gasteiger partial charge in [0.1, 0.15) is 5.75 Å². The van der Waals surface area contributed by atoms with Crippen LogP contribution in [0.15, 0.2) is 48.8 Å². The summed E-state index contributed by atoms with van der Waals surface area (Å²) in [5.41, 5.74) is 8.27. The van der Waals surface area contributed by atoms with Crippen molar-refractivity contribution < 1.29 is 4.74 Å². The Morgan fingerprint density at radius 1 is 1.21 bits per heavy atom. The fraction of sp³-hybridized carbons (Fsp3) is 0.312. The van der Waals surface area contributed by atoms with Crippen LogP contribution >= 0.6 is 0 Å². The maximum absolute atomic E-state index is 5.83. The van der Waals surface area contributed by atoms with E-state index in [1.807, 2.05) is 30.3 Å². The van der Waals surface area contributed by atoms with Gasteiger partial charge in [0.15, 0.2) is 0 Å². The Kier molecular flexibility index (Phi) is 4.93. The molecule has 1 aromatic carbocycles. The van der Waals surface area contributed by atoms with Gasteiger partial charge in [-0.05, 0) is 61.2 Å². The summed E-state index contributed by atoms with van der Waals surface area (Å²) in [5, 5.41) is 0. The Labute approximate surface area is 114 Å². The third-order valence-corrected chi connectivity index (χ3v) is 3.19. The van der Waals surface area contributed by atoms with E-state index in [0.717, 1.165) is 12.2 Å². The van der Waals surface area contributed by atoms with Crippen molar-refractivity contribution >= 4 is 0 Å². The molecule has 0 aliphatic carbocycles. The normalized spacial score (nSPS) is 12.1. The largest absolute Gasteiger partial charge is 0.494 e. The molecule has 2 rings (SSSR count). The van der Waals surface area contributed by atoms with Crippen molar-refractivity contribution in [1.29, 1.82) is 0 Å². The summed E-state index contributed by atoms with van der Waals surface area (Å²) >= 11 is 0. The van der Waals surface area contributed by atoms with E-state index in [0.29, 0.717) is 19.1 Å². The van der Waals surface area contributed by atoms with Crippen LogP contribution in [0.3, 0.4) is 0 Å². The Morgan fingerprint density at radius 3 is 2.68 bits per heavy atom. The van der Waals surface area contributed by atoms with Gasteiger partial charge in [-0.2, -0.15) is 0 Å². The van der Waals surface area contributed by atoms with Crippen LogP contribution in [-0.4, -0.2) is 18.1 Å². The summed E-state index contributed by atoms with van der Waals surface area (Å²) in [4.78, 5) is 4.03. The molecule has 1 heterocycles. The predicted molar refractivity (Wildman–Crippen MR) is 77.3 cm³/mol. The van der Waals surface area contributed by atoms with Crippen molar-refractivity contribution in [1.82, 2.24) is 4.98 Å². The summed E-state index contributed by atoms with van der Waals surface area (Å²) in [6, 6.07) is 12.1. The lowest BCUT2D eigenvalue weighted by Gasteiger charge is -2.15. The van der Waals surface area contributed by atoms with E-state index in [1.54, 1.807) is 12.4 Å². The number of hydrogen-bond donors (Lipinski definition) is 1. The van der Waals surface area contributed by atoms with Crippen LogP contribution < -0.4 is 10.5 Å². The number of rotatable bonds is 6. The first-order valence-corrected chi connectivity index (χ1v) is 6.59. The highest BCUT2D eigenvalue weighted by molar-refractivity contribution is 5.27. The summed E-state index contributed by atoms with van der Waals surface area (Å²) in [5.74, 6) is 1.25. The number of benzene rings is 1. The van der Waals surface area contributed by atoms with Crippen LogP contribution in [0, 0.1) is 6.92 Å². The van der Waals surface area contributed by atoms with Crippen molar-refractivity contribution in [3.8, 4) is 5.75 Å². The second-order valence-electron chi connectivity index (χ2n) is 4.67. The molecule has 3 heteroatoms. The van der Waals surface area contributed by atoms with Crippen LogP contribution in [0.4, 0.5) is 0 Å². The zero-order valence-electron chi connectivity index (χ0n) is 11.3. The van der Waals surface area contributed by atoms with Crippen molar-refractivity contribution in [2.24, 2.45) is 5.73 Å². The molecular formula is C16H20N2O. The summed E-state index contributed by atoms with van der Waals surface area (Å²) in [6.07, 6.45) is 4.52. The Hall–Kier alpha value is -1.87. The van der Waals surface area contributed by atoms with Gasteiger partial charge in [-0.25, -0.2) is 0 Å². The minimum atomic E-state index is 0.327. The SMILES string of the molecule is Cc1cccc(OCCC(CN)c2ccncc2)c1. The van der Waals surface area contributed by atoms with Gasteiger partial charge in [0.2, 0.25) is 0 Å². The van der Waals surface area contributed by atoms with E-state index >= 15 is 0 Å². The first-order valence-electron chi connectivity index (χ1n) is 6.59. The van der Waals surface area contributed by atoms with Crippen molar-refractivity contribution in [3.63, 3.8) is 0 Å². The van der Waals surface area contributed by atoms with Crippen LogP contribution in [0.2, 0.25) is 0 Å². The minimum Gasteiger partial charge on any atom is -0.494 e. The van der Waals surface area contributed by atoms with E-state index < -0.39 is 0 Å². The molecule has 0 fully saturated rings. The molecule has 19 heavy (non-hydrogen) atoms. The molecule has 1 atom stereocenters. The van der Waals surface area contributed by atoms with Gasteiger partial charge in [-0.1, -0.05) is 12.1 Å². The zero-order valence-corrected chi connectivity index (χ0v) is 11.3. The predicted octanol–water partition coefficient (Wildman–Crippen LogP) is 2.90. The molecule has 0 amide bonds. The van der Waals surface area contributed by atoms with E-state index in [9.17, 15) is 0 Å². The second kappa shape index (κ2) is 6.90. The molecule has 3 nitrogen and oxygen atoms in total. The molecular weight excluding hydrogens is 236 g/mol. The van der Waals surface area contributed by atoms with E-state index in [2.05, 4.69) is 18.0 Å². The maximum atomic E-state index is 5.83. The number of nitrogens with zero attached hydrogens (tertiary/aromatic N) is 1. The van der Waals surface area contributed by atoms with E-state index in [1.165, 1.54) is 11.1 Å². The Morgan fingerprint density at radius 2 is 2.00 bits per heavy atom. The topological polar surface area (TPSA) is 48.1 Å². The number of ether oxygens (including phenoxy) is 1. The molecule has 2 aromatic rings. The standard InChI is InChI=1S/C16H20N2O/c1-13-3-2-4-16(11-13)19-10-7-15(12-17)14-5-8-18-9-6-14/h2-6,8-9,11,15H,7,10,12,17H2,1H3. The van der Waals surface area contributed by atoms with Crippen molar-refractivity contribution in [3.05, 3.63) is 59.9 Å². The minimum absolute atomic E-state index is 0.327. The highest BCUT2D eigenvalue weighted by Crippen LogP contribution is 2.19. The average Bonchev–Trinajstić information content (AvgIpc) is 2.45. The van der Waals surface area contributed by atoms with Gasteiger partial charge in [0.05, 0.1) is 6.61 Å². The number of nitrogens with two attached hydrogens (primary N) is 1. The highest BCUT2D eigenvalue weighted by Gasteiger charge is 2.09. The second-order valence-corrected chi connectivity index (χ2v) is 4.67. The first-order chi connectivity index (χ1) is 9.29. The van der Waals surface area contributed by atoms with Crippen molar-refractivity contribution in [2.75, 3.05) is 13.2 Å². The summed E-state index contributed by atoms with van der Waals surface area (Å²) in [6.45, 7) is 3.36. The maximum Gasteiger partial charge on any atom is 0.119 e. The van der Waals surface area contributed by atoms with Crippen LogP contribution in [0.5, 0.6) is 5.75 Å². The van der Waals surface area contributed by atoms with Crippen LogP contribution in [0.1, 0.15) is 23.5 Å². The fourth-order valence-electron chi connectivity index (χ4n) is 2.08. The molecule has 0 bridgehead atoms. The van der Waals surface area contributed by atoms with Crippen LogP contribution in [0.25, 0.3) is 0 Å². The lowest BCUT2D eigenvalue weighted by molar-refractivity contribution is 0.298. The lowest BCUT2D eigenvalue weighted by Crippen LogP contribution is -2.15. The molecule has 100 valence electrons. The van der Waals surface area contributed by atoms with Gasteiger partial charge >= 0.3 is 0 Å². The van der Waals surface area contributed by atoms with E-state index in [-0.39, 0.29) is 0 Å². The van der Waals surface area contributed by atoms with Gasteiger partial charge in [-0.3, -0.25) is 4.98 Å². The molecule has 0 spiro atoms. The monoisotopic (exact) mass is 256 g/mol. The lowest BCUT2D eigenvalue weighted by atomic mass is 9.97. The Balaban J connectivity index is 1.87. The summed E-state index contributed by atoms with van der Waals surface area (Å²) < 4.78 is 5.77. The number of aromatic nitrogens is 1. The quantitative estimate of drug-likeness (QED) is 0.864. The molecule has 2 N–H and O–H groups in total. The molecule has 1 aromatic heterocycles. The number of pyridine rings is 1. The molecule has 1 unspecified atom stereocenters. The average molecular weight is 256 g/mol. The van der Waals surface area contributed by atoms with Crippen molar-refractivity contribution in [2.45, 2.75) is 19.3 Å². The number of hydrogen-bond acceptors (Lipinski definition) is 3. The molecule has 0 radical (unpaired) electrons. The van der Waals surface area contributed by atoms with Gasteiger partial charge < -0.3 is 10.5 Å². The van der Waals surface area contributed by atoms with Gasteiger partial charge in [0.25, 0.3) is 0 Å². The third kappa shape index (κ3) is 4.07. The molecule has 0 saturated carbocycles. The number of aryl methyl sites for hydroxylation is 1. The smallest absolute Gasteiger partial charge is 0.119 e. The summed E-state index contributed by atoms with van der Waals surface area (Å²) in [7, 11) is 0. The van der Waals surface area contributed by atoms with Gasteiger partial charge in [0, 0.05) is 12.4 Å². The Bertz CT molecular complexity index is 499. The highest BCUT2D eigenvalue weighted by atomic mass is 16.5. The van der Waals surface area contributed by atoms with Crippen LogP contribution in [-0.2, 0) is 0 Å². The molecule has 0 aliphatic rings. The first kappa shape index (κ1) is 13.6. The third-order valence-electron chi connectivity index (χ3n) is 3.19.